The molecule has 0 aliphatic heterocycles. The van der Waals surface area contributed by atoms with Crippen LogP contribution in [0.25, 0.3) is 90.3 Å². The number of ether oxygens (including phenoxy) is 1. The fourth-order valence-electron chi connectivity index (χ4n) is 7.53. The second-order valence-electron chi connectivity index (χ2n) is 15.1. The Morgan fingerprint density at radius 1 is 0.455 bits per heavy atom. The third kappa shape index (κ3) is 9.73. The molecule has 2 N–H and O–H groups in total. The van der Waals surface area contributed by atoms with Gasteiger partial charge in [-0.05, 0) is 65.6 Å². The first kappa shape index (κ1) is 43.9. The minimum Gasteiger partial charge on any atom is -0.508 e. The van der Waals surface area contributed by atoms with Crippen molar-refractivity contribution in [3.8, 4) is 102 Å². The number of phenolic OH excluding ortho intramolecular Hbond substituents is 1. The zero-order valence-electron chi connectivity index (χ0n) is 35.3. The van der Waals surface area contributed by atoms with Gasteiger partial charge in [0.25, 0.3) is 0 Å². The fraction of sp³-hybridized carbons (Fsp3) is 0.0517. The zero-order valence-corrected chi connectivity index (χ0v) is 35.3. The molecule has 0 bridgehead atoms. The summed E-state index contributed by atoms with van der Waals surface area (Å²) in [6.07, 6.45) is -0.950. The number of aromatic nitrogens is 2. The SMILES string of the molecule is C.CC(Oc1cccc(-c2ccccc2-c2nc(-c3ccccc3)c(-c3ccccc3)o2)c1)C(=O)O.Oc1cccc(-c2ccccc2-c2nc(-c3ccccc3)c(-c3ccccc3)o2)c1. The molecule has 8 heteroatoms. The minimum absolute atomic E-state index is 0. The van der Waals surface area contributed by atoms with Crippen molar-refractivity contribution in [1.29, 1.82) is 0 Å². The van der Waals surface area contributed by atoms with Crippen LogP contribution >= 0.6 is 0 Å². The molecule has 8 nitrogen and oxygen atoms in total. The summed E-state index contributed by atoms with van der Waals surface area (Å²) in [6.45, 7) is 1.51. The van der Waals surface area contributed by atoms with Gasteiger partial charge in [0.05, 0.1) is 0 Å². The maximum Gasteiger partial charge on any atom is 0.344 e. The number of phenols is 1. The van der Waals surface area contributed by atoms with Crippen molar-refractivity contribution in [2.45, 2.75) is 20.5 Å². The van der Waals surface area contributed by atoms with Crippen LogP contribution in [-0.2, 0) is 4.79 Å². The van der Waals surface area contributed by atoms with Crippen LogP contribution in [0.2, 0.25) is 0 Å². The van der Waals surface area contributed by atoms with Gasteiger partial charge >= 0.3 is 5.97 Å². The topological polar surface area (TPSA) is 119 Å². The summed E-state index contributed by atoms with van der Waals surface area (Å²) in [5.74, 6) is 2.18. The Labute approximate surface area is 383 Å². The van der Waals surface area contributed by atoms with Crippen LogP contribution < -0.4 is 4.74 Å². The Bertz CT molecular complexity index is 3070. The number of nitrogens with zero attached hydrogens (tertiary/aromatic N) is 2. The number of hydrogen-bond acceptors (Lipinski definition) is 7. The van der Waals surface area contributed by atoms with Gasteiger partial charge in [0, 0.05) is 33.4 Å². The number of oxazole rings is 2. The molecule has 2 aromatic heterocycles. The molecule has 1 atom stereocenters. The second kappa shape index (κ2) is 20.2. The molecule has 0 saturated carbocycles. The summed E-state index contributed by atoms with van der Waals surface area (Å²) < 4.78 is 18.4. The van der Waals surface area contributed by atoms with Crippen molar-refractivity contribution in [2.24, 2.45) is 0 Å². The van der Waals surface area contributed by atoms with E-state index in [1.807, 2.05) is 200 Å². The lowest BCUT2D eigenvalue weighted by Gasteiger charge is -2.12. The minimum atomic E-state index is -1.02. The Morgan fingerprint density at radius 2 is 0.818 bits per heavy atom. The van der Waals surface area contributed by atoms with Gasteiger partial charge in [-0.2, -0.15) is 0 Å². The number of carbonyl (C=O) groups is 1. The van der Waals surface area contributed by atoms with Crippen molar-refractivity contribution < 1.29 is 28.6 Å². The molecule has 0 aliphatic rings. The van der Waals surface area contributed by atoms with Crippen molar-refractivity contribution in [2.75, 3.05) is 0 Å². The standard InChI is InChI=1S/C30H23NO4.C27H19NO2.CH4/c1-20(30(32)33)34-24-16-10-15-23(19-24)25-17-8-9-18-26(25)29-31-27(21-11-4-2-5-12-21)28(35-29)22-13-6-3-7-14-22;29-22-15-9-14-21(18-22)23-16-7-8-17-24(23)27-28-25(19-10-3-1-4-11-19)26(30-27)20-12-5-2-6-13-20;/h2-20H,1H3,(H,32,33);1-18,29H;1H4. The summed E-state index contributed by atoms with van der Waals surface area (Å²) in [7, 11) is 0. The van der Waals surface area contributed by atoms with Crippen LogP contribution in [-0.4, -0.2) is 32.3 Å². The second-order valence-corrected chi connectivity index (χ2v) is 15.1. The third-order valence-corrected chi connectivity index (χ3v) is 10.7. The van der Waals surface area contributed by atoms with Gasteiger partial charge in [0.15, 0.2) is 17.6 Å². The predicted molar refractivity (Wildman–Crippen MR) is 263 cm³/mol. The lowest BCUT2D eigenvalue weighted by atomic mass is 9.99. The van der Waals surface area contributed by atoms with E-state index in [2.05, 4.69) is 0 Å². The van der Waals surface area contributed by atoms with Gasteiger partial charge < -0.3 is 23.8 Å². The van der Waals surface area contributed by atoms with E-state index in [9.17, 15) is 15.0 Å². The quantitative estimate of drug-likeness (QED) is 0.132. The molecule has 10 aromatic rings. The molecule has 10 rings (SSSR count). The van der Waals surface area contributed by atoms with E-state index in [1.165, 1.54) is 6.92 Å². The van der Waals surface area contributed by atoms with Crippen LogP contribution in [0.15, 0.2) is 227 Å². The molecule has 0 aliphatic carbocycles. The van der Waals surface area contributed by atoms with E-state index < -0.39 is 12.1 Å². The maximum atomic E-state index is 11.2. The van der Waals surface area contributed by atoms with E-state index in [4.69, 9.17) is 23.5 Å². The van der Waals surface area contributed by atoms with Crippen molar-refractivity contribution in [3.63, 3.8) is 0 Å². The highest BCUT2D eigenvalue weighted by Crippen LogP contribution is 2.41. The van der Waals surface area contributed by atoms with E-state index in [0.717, 1.165) is 72.8 Å². The van der Waals surface area contributed by atoms with Gasteiger partial charge in [-0.25, -0.2) is 14.8 Å². The number of benzene rings is 8. The number of carboxylic acid groups (broad SMARTS) is 1. The first-order valence-corrected chi connectivity index (χ1v) is 21.1. The average Bonchev–Trinajstić information content (AvgIpc) is 4.02. The third-order valence-electron chi connectivity index (χ3n) is 10.7. The molecule has 8 aromatic carbocycles. The first-order valence-electron chi connectivity index (χ1n) is 21.1. The Hall–Kier alpha value is -8.75. The summed E-state index contributed by atoms with van der Waals surface area (Å²) >= 11 is 0. The van der Waals surface area contributed by atoms with Gasteiger partial charge in [0.2, 0.25) is 11.8 Å². The molecule has 0 spiro atoms. The van der Waals surface area contributed by atoms with Gasteiger partial charge in [-0.15, -0.1) is 0 Å². The normalized spacial score (nSPS) is 11.1. The zero-order chi connectivity index (χ0) is 44.5. The molecule has 66 heavy (non-hydrogen) atoms. The van der Waals surface area contributed by atoms with Crippen LogP contribution in [0.3, 0.4) is 0 Å². The van der Waals surface area contributed by atoms with E-state index in [0.29, 0.717) is 23.3 Å². The monoisotopic (exact) mass is 866 g/mol. The van der Waals surface area contributed by atoms with Crippen LogP contribution in [0.4, 0.5) is 0 Å². The van der Waals surface area contributed by atoms with E-state index in [1.54, 1.807) is 18.2 Å². The van der Waals surface area contributed by atoms with E-state index >= 15 is 0 Å². The number of aliphatic carboxylic acids is 1. The fourth-order valence-corrected chi connectivity index (χ4v) is 7.53. The highest BCUT2D eigenvalue weighted by atomic mass is 16.5. The summed E-state index contributed by atoms with van der Waals surface area (Å²) in [4.78, 5) is 21.1. The number of rotatable bonds is 11. The highest BCUT2D eigenvalue weighted by Gasteiger charge is 2.22. The lowest BCUT2D eigenvalue weighted by Crippen LogP contribution is -2.22. The van der Waals surface area contributed by atoms with Crippen LogP contribution in [0.5, 0.6) is 11.5 Å². The molecule has 0 radical (unpaired) electrons. The smallest absolute Gasteiger partial charge is 0.344 e. The summed E-state index contributed by atoms with van der Waals surface area (Å²) in [6, 6.07) is 70.4. The van der Waals surface area contributed by atoms with Gasteiger partial charge in [-0.1, -0.05) is 189 Å². The molecule has 0 saturated heterocycles. The number of carboxylic acids is 1. The number of hydrogen-bond donors (Lipinski definition) is 2. The van der Waals surface area contributed by atoms with Crippen LogP contribution in [0, 0.1) is 0 Å². The largest absolute Gasteiger partial charge is 0.508 e. The molecule has 2 heterocycles. The summed E-state index contributed by atoms with van der Waals surface area (Å²) in [5, 5.41) is 19.1. The molecular formula is C58H46N2O6. The van der Waals surface area contributed by atoms with E-state index in [-0.39, 0.29) is 13.2 Å². The number of aromatic hydroxyl groups is 1. The van der Waals surface area contributed by atoms with Gasteiger partial charge in [-0.3, -0.25) is 0 Å². The van der Waals surface area contributed by atoms with Crippen LogP contribution in [0.1, 0.15) is 14.4 Å². The molecule has 0 fully saturated rings. The first-order chi connectivity index (χ1) is 31.9. The van der Waals surface area contributed by atoms with Crippen molar-refractivity contribution in [1.82, 2.24) is 9.97 Å². The van der Waals surface area contributed by atoms with Crippen molar-refractivity contribution in [3.05, 3.63) is 218 Å². The predicted octanol–water partition coefficient (Wildman–Crippen LogP) is 14.9. The summed E-state index contributed by atoms with van der Waals surface area (Å²) in [5.41, 5.74) is 10.8. The lowest BCUT2D eigenvalue weighted by molar-refractivity contribution is -0.144. The van der Waals surface area contributed by atoms with Crippen molar-refractivity contribution >= 4 is 5.97 Å². The Kier molecular flexibility index (Phi) is 13.4. The Balaban J connectivity index is 0.000000179. The Morgan fingerprint density at radius 3 is 1.24 bits per heavy atom. The van der Waals surface area contributed by atoms with Gasteiger partial charge in [0.1, 0.15) is 22.9 Å². The molecule has 324 valence electrons. The highest BCUT2D eigenvalue weighted by molar-refractivity contribution is 5.86. The average molecular weight is 867 g/mol. The molecular weight excluding hydrogens is 821 g/mol. The molecule has 1 unspecified atom stereocenters. The molecule has 0 amide bonds. The maximum absolute atomic E-state index is 11.2.